The summed E-state index contributed by atoms with van der Waals surface area (Å²) in [6, 6.07) is 0. The number of nitrogens with two attached hydrogens (primary N) is 1. The van der Waals surface area contributed by atoms with Crippen LogP contribution in [0.5, 0.6) is 0 Å². The molecule has 0 aromatic rings. The molecule has 1 aliphatic rings. The van der Waals surface area contributed by atoms with Gasteiger partial charge in [0.1, 0.15) is 24.4 Å². The SMILES string of the molecule is NCC(O)CO[C@@H]1O[C@H](CO)[C@@H](O)[C@H](O)[C@H]1O. The molecule has 0 radical (unpaired) electrons. The highest BCUT2D eigenvalue weighted by Gasteiger charge is 2.44. The minimum Gasteiger partial charge on any atom is -0.394 e. The van der Waals surface area contributed by atoms with E-state index < -0.39 is 43.4 Å². The summed E-state index contributed by atoms with van der Waals surface area (Å²) < 4.78 is 10.1. The van der Waals surface area contributed by atoms with Gasteiger partial charge in [-0.25, -0.2) is 0 Å². The number of aliphatic hydroxyl groups excluding tert-OH is 5. The van der Waals surface area contributed by atoms with Crippen molar-refractivity contribution in [2.24, 2.45) is 5.73 Å². The molecule has 1 rings (SSSR count). The molecule has 0 aliphatic carbocycles. The maximum Gasteiger partial charge on any atom is 0.186 e. The molecule has 0 aromatic carbocycles. The van der Waals surface area contributed by atoms with Crippen molar-refractivity contribution >= 4 is 0 Å². The smallest absolute Gasteiger partial charge is 0.186 e. The molecular weight excluding hydrogens is 234 g/mol. The monoisotopic (exact) mass is 253 g/mol. The predicted molar refractivity (Wildman–Crippen MR) is 54.8 cm³/mol. The Morgan fingerprint density at radius 2 is 1.82 bits per heavy atom. The third-order valence-corrected chi connectivity index (χ3v) is 2.57. The number of hydrogen-bond donors (Lipinski definition) is 6. The number of hydrogen-bond acceptors (Lipinski definition) is 8. The van der Waals surface area contributed by atoms with E-state index in [1.54, 1.807) is 0 Å². The van der Waals surface area contributed by atoms with E-state index in [0.717, 1.165) is 0 Å². The van der Waals surface area contributed by atoms with Crippen molar-refractivity contribution < 1.29 is 35.0 Å². The first-order chi connectivity index (χ1) is 8.01. The largest absolute Gasteiger partial charge is 0.394 e. The summed E-state index contributed by atoms with van der Waals surface area (Å²) in [5.41, 5.74) is 5.16. The Kier molecular flexibility index (Phi) is 5.70. The first-order valence-electron chi connectivity index (χ1n) is 5.31. The molecule has 1 heterocycles. The minimum absolute atomic E-state index is 0.0164. The van der Waals surface area contributed by atoms with Crippen LogP contribution in [0.15, 0.2) is 0 Å². The van der Waals surface area contributed by atoms with Gasteiger partial charge in [-0.3, -0.25) is 0 Å². The Morgan fingerprint density at radius 1 is 1.18 bits per heavy atom. The number of ether oxygens (including phenoxy) is 2. The molecule has 0 bridgehead atoms. The quantitative estimate of drug-likeness (QED) is 0.292. The van der Waals surface area contributed by atoms with E-state index in [1.165, 1.54) is 0 Å². The van der Waals surface area contributed by atoms with Crippen LogP contribution in [-0.4, -0.2) is 82.1 Å². The summed E-state index contributed by atoms with van der Waals surface area (Å²) in [6.07, 6.45) is -7.53. The van der Waals surface area contributed by atoms with Crippen LogP contribution in [0.1, 0.15) is 0 Å². The first-order valence-corrected chi connectivity index (χ1v) is 5.31. The van der Waals surface area contributed by atoms with E-state index >= 15 is 0 Å². The van der Waals surface area contributed by atoms with Crippen molar-refractivity contribution in [2.45, 2.75) is 36.8 Å². The minimum atomic E-state index is -1.49. The fourth-order valence-corrected chi connectivity index (χ4v) is 1.48. The molecule has 17 heavy (non-hydrogen) atoms. The Labute approximate surface area is 98.2 Å². The van der Waals surface area contributed by atoms with Crippen LogP contribution in [0.4, 0.5) is 0 Å². The molecular formula is C9H19NO7. The Morgan fingerprint density at radius 3 is 2.35 bits per heavy atom. The van der Waals surface area contributed by atoms with E-state index in [9.17, 15) is 15.3 Å². The summed E-state index contributed by atoms with van der Waals surface area (Å²) in [6.45, 7) is -0.721. The second kappa shape index (κ2) is 6.57. The summed E-state index contributed by atoms with van der Waals surface area (Å²) in [4.78, 5) is 0. The molecule has 0 amide bonds. The van der Waals surface area contributed by atoms with Crippen LogP contribution in [0.25, 0.3) is 0 Å². The fourth-order valence-electron chi connectivity index (χ4n) is 1.48. The lowest BCUT2D eigenvalue weighted by molar-refractivity contribution is -0.304. The van der Waals surface area contributed by atoms with Crippen LogP contribution in [-0.2, 0) is 9.47 Å². The molecule has 1 aliphatic heterocycles. The summed E-state index contributed by atoms with van der Waals surface area (Å²) in [5.74, 6) is 0. The van der Waals surface area contributed by atoms with Crippen molar-refractivity contribution in [3.05, 3.63) is 0 Å². The van der Waals surface area contributed by atoms with Gasteiger partial charge in [0.25, 0.3) is 0 Å². The lowest BCUT2D eigenvalue weighted by atomic mass is 9.99. The van der Waals surface area contributed by atoms with Gasteiger partial charge in [0.05, 0.1) is 19.3 Å². The molecule has 6 atom stereocenters. The standard InChI is InChI=1S/C9H19NO7/c10-1-4(12)3-16-9-8(15)7(14)6(13)5(2-11)17-9/h4-9,11-15H,1-3,10H2/t4?,5-,6-,7+,8-,9-/m1/s1. The van der Waals surface area contributed by atoms with Crippen LogP contribution < -0.4 is 5.73 Å². The van der Waals surface area contributed by atoms with Crippen molar-refractivity contribution in [2.75, 3.05) is 19.8 Å². The molecule has 1 saturated heterocycles. The lowest BCUT2D eigenvalue weighted by Crippen LogP contribution is -2.59. The van der Waals surface area contributed by atoms with Crippen molar-refractivity contribution in [3.8, 4) is 0 Å². The average Bonchev–Trinajstić information content (AvgIpc) is 2.34. The maximum absolute atomic E-state index is 9.55. The second-order valence-electron chi connectivity index (χ2n) is 3.92. The van der Waals surface area contributed by atoms with Gasteiger partial charge in [-0.1, -0.05) is 0 Å². The highest BCUT2D eigenvalue weighted by molar-refractivity contribution is 4.88. The Hall–Kier alpha value is -0.320. The Bertz CT molecular complexity index is 227. The first kappa shape index (κ1) is 14.7. The van der Waals surface area contributed by atoms with E-state index in [2.05, 4.69) is 0 Å². The zero-order chi connectivity index (χ0) is 13.0. The van der Waals surface area contributed by atoms with Gasteiger partial charge in [-0.05, 0) is 0 Å². The fraction of sp³-hybridized carbons (Fsp3) is 1.00. The average molecular weight is 253 g/mol. The van der Waals surface area contributed by atoms with Crippen LogP contribution in [0.2, 0.25) is 0 Å². The maximum atomic E-state index is 9.55. The molecule has 1 unspecified atom stereocenters. The van der Waals surface area contributed by atoms with Gasteiger partial charge in [-0.2, -0.15) is 0 Å². The molecule has 8 heteroatoms. The van der Waals surface area contributed by atoms with E-state index in [1.807, 2.05) is 0 Å². The third-order valence-electron chi connectivity index (χ3n) is 2.57. The summed E-state index contributed by atoms with van der Waals surface area (Å²) >= 11 is 0. The molecule has 1 fully saturated rings. The van der Waals surface area contributed by atoms with Crippen molar-refractivity contribution in [3.63, 3.8) is 0 Å². The Balaban J connectivity index is 2.53. The van der Waals surface area contributed by atoms with E-state index in [-0.39, 0.29) is 13.2 Å². The third kappa shape index (κ3) is 3.57. The molecule has 7 N–H and O–H groups in total. The van der Waals surface area contributed by atoms with Gasteiger partial charge in [-0.15, -0.1) is 0 Å². The second-order valence-corrected chi connectivity index (χ2v) is 3.92. The van der Waals surface area contributed by atoms with Crippen LogP contribution >= 0.6 is 0 Å². The van der Waals surface area contributed by atoms with Crippen LogP contribution in [0.3, 0.4) is 0 Å². The zero-order valence-electron chi connectivity index (χ0n) is 9.22. The van der Waals surface area contributed by atoms with Gasteiger partial charge >= 0.3 is 0 Å². The van der Waals surface area contributed by atoms with Crippen molar-refractivity contribution in [1.29, 1.82) is 0 Å². The highest BCUT2D eigenvalue weighted by atomic mass is 16.7. The summed E-state index contributed by atoms with van der Waals surface area (Å²) in [7, 11) is 0. The molecule has 102 valence electrons. The summed E-state index contributed by atoms with van der Waals surface area (Å²) in [5, 5.41) is 46.5. The molecule has 0 saturated carbocycles. The molecule has 8 nitrogen and oxygen atoms in total. The van der Waals surface area contributed by atoms with E-state index in [4.69, 9.17) is 25.4 Å². The lowest BCUT2D eigenvalue weighted by Gasteiger charge is -2.39. The van der Waals surface area contributed by atoms with E-state index in [0.29, 0.717) is 0 Å². The topological polar surface area (TPSA) is 146 Å². The number of rotatable bonds is 5. The zero-order valence-corrected chi connectivity index (χ0v) is 9.22. The highest BCUT2D eigenvalue weighted by Crippen LogP contribution is 2.21. The van der Waals surface area contributed by atoms with Gasteiger partial charge in [0, 0.05) is 6.54 Å². The van der Waals surface area contributed by atoms with Gasteiger partial charge in [0.2, 0.25) is 0 Å². The van der Waals surface area contributed by atoms with Crippen LogP contribution in [0, 0.1) is 0 Å². The molecule has 0 spiro atoms. The molecule has 0 aromatic heterocycles. The normalized spacial score (nSPS) is 40.2. The van der Waals surface area contributed by atoms with Crippen molar-refractivity contribution in [1.82, 2.24) is 0 Å². The van der Waals surface area contributed by atoms with Gasteiger partial charge < -0.3 is 40.7 Å². The van der Waals surface area contributed by atoms with Gasteiger partial charge in [0.15, 0.2) is 6.29 Å². The predicted octanol–water partition coefficient (Wildman–Crippen LogP) is -3.88. The number of aliphatic hydroxyl groups is 5.